The second-order valence-electron chi connectivity index (χ2n) is 4.38. The minimum Gasteiger partial charge on any atom is -0.493 e. The standard InChI is InChI=1S/C14H17N3O3/c1-10-7-12(17-20-10)9-16-14(18)5-6-19-13-4-2-3-11(15)8-13/h2-4,7-8H,5-6,9,15H2,1H3,(H,16,18). The molecule has 0 saturated carbocycles. The van der Waals surface area contributed by atoms with Crippen molar-refractivity contribution in [1.82, 2.24) is 10.5 Å². The third-order valence-electron chi connectivity index (χ3n) is 2.60. The van der Waals surface area contributed by atoms with Gasteiger partial charge in [0.25, 0.3) is 0 Å². The lowest BCUT2D eigenvalue weighted by Gasteiger charge is -2.06. The van der Waals surface area contributed by atoms with Crippen molar-refractivity contribution in [2.75, 3.05) is 12.3 Å². The van der Waals surface area contributed by atoms with Crippen LogP contribution < -0.4 is 15.8 Å². The number of carbonyl (C=O) groups is 1. The maximum absolute atomic E-state index is 11.6. The number of aryl methyl sites for hydroxylation is 1. The van der Waals surface area contributed by atoms with Crippen LogP contribution >= 0.6 is 0 Å². The third-order valence-corrected chi connectivity index (χ3v) is 2.60. The van der Waals surface area contributed by atoms with Crippen molar-refractivity contribution in [2.45, 2.75) is 19.9 Å². The average molecular weight is 275 g/mol. The number of nitrogens with one attached hydrogen (secondary N) is 1. The molecule has 3 N–H and O–H groups in total. The Morgan fingerprint density at radius 2 is 2.30 bits per heavy atom. The first-order valence-corrected chi connectivity index (χ1v) is 6.31. The number of ether oxygens (including phenoxy) is 1. The molecule has 0 aliphatic carbocycles. The largest absolute Gasteiger partial charge is 0.493 e. The lowest BCUT2D eigenvalue weighted by Crippen LogP contribution is -2.24. The summed E-state index contributed by atoms with van der Waals surface area (Å²) in [5, 5.41) is 6.53. The number of benzene rings is 1. The maximum Gasteiger partial charge on any atom is 0.223 e. The summed E-state index contributed by atoms with van der Waals surface area (Å²) in [7, 11) is 0. The van der Waals surface area contributed by atoms with Gasteiger partial charge in [-0.15, -0.1) is 0 Å². The van der Waals surface area contributed by atoms with E-state index in [9.17, 15) is 4.79 Å². The molecule has 1 heterocycles. The molecule has 106 valence electrons. The number of anilines is 1. The molecule has 0 fully saturated rings. The minimum atomic E-state index is -0.102. The second kappa shape index (κ2) is 6.60. The number of aromatic nitrogens is 1. The van der Waals surface area contributed by atoms with E-state index in [1.807, 2.05) is 0 Å². The van der Waals surface area contributed by atoms with Gasteiger partial charge in [-0.3, -0.25) is 4.79 Å². The van der Waals surface area contributed by atoms with E-state index in [1.165, 1.54) is 0 Å². The molecule has 1 amide bonds. The van der Waals surface area contributed by atoms with Gasteiger partial charge in [-0.25, -0.2) is 0 Å². The minimum absolute atomic E-state index is 0.102. The van der Waals surface area contributed by atoms with Gasteiger partial charge in [0, 0.05) is 17.8 Å². The van der Waals surface area contributed by atoms with Crippen molar-refractivity contribution in [3.05, 3.63) is 41.8 Å². The summed E-state index contributed by atoms with van der Waals surface area (Å²) in [6.07, 6.45) is 0.269. The Morgan fingerprint density at radius 3 is 3.00 bits per heavy atom. The molecule has 0 aliphatic rings. The molecule has 6 heteroatoms. The van der Waals surface area contributed by atoms with Crippen LogP contribution in [0.5, 0.6) is 5.75 Å². The fraction of sp³-hybridized carbons (Fsp3) is 0.286. The van der Waals surface area contributed by atoms with Crippen molar-refractivity contribution in [2.24, 2.45) is 0 Å². The number of carbonyl (C=O) groups excluding carboxylic acids is 1. The Morgan fingerprint density at radius 1 is 1.45 bits per heavy atom. The monoisotopic (exact) mass is 275 g/mol. The molecule has 0 spiro atoms. The van der Waals surface area contributed by atoms with Gasteiger partial charge in [0.2, 0.25) is 5.91 Å². The van der Waals surface area contributed by atoms with Gasteiger partial charge in [-0.05, 0) is 19.1 Å². The number of hydrogen-bond acceptors (Lipinski definition) is 5. The highest BCUT2D eigenvalue weighted by Crippen LogP contribution is 2.14. The first-order chi connectivity index (χ1) is 9.63. The van der Waals surface area contributed by atoms with Crippen LogP contribution in [0, 0.1) is 6.92 Å². The molecular weight excluding hydrogens is 258 g/mol. The number of hydrogen-bond donors (Lipinski definition) is 2. The molecule has 6 nitrogen and oxygen atoms in total. The van der Waals surface area contributed by atoms with E-state index in [4.69, 9.17) is 15.0 Å². The highest BCUT2D eigenvalue weighted by Gasteiger charge is 2.05. The van der Waals surface area contributed by atoms with Gasteiger partial charge in [0.15, 0.2) is 0 Å². The van der Waals surface area contributed by atoms with Crippen LogP contribution in [-0.4, -0.2) is 17.7 Å². The van der Waals surface area contributed by atoms with Crippen molar-refractivity contribution in [3.63, 3.8) is 0 Å². The number of rotatable bonds is 6. The predicted molar refractivity (Wildman–Crippen MR) is 74.1 cm³/mol. The molecule has 0 unspecified atom stereocenters. The molecule has 0 aliphatic heterocycles. The average Bonchev–Trinajstić information content (AvgIpc) is 2.82. The van der Waals surface area contributed by atoms with Crippen molar-refractivity contribution >= 4 is 11.6 Å². The van der Waals surface area contributed by atoms with Crippen LogP contribution in [0.3, 0.4) is 0 Å². The molecule has 0 atom stereocenters. The van der Waals surface area contributed by atoms with Crippen molar-refractivity contribution in [1.29, 1.82) is 0 Å². The molecule has 2 aromatic rings. The number of nitrogens with two attached hydrogens (primary N) is 1. The second-order valence-corrected chi connectivity index (χ2v) is 4.38. The van der Waals surface area contributed by atoms with Crippen LogP contribution in [0.4, 0.5) is 5.69 Å². The number of nitrogen functional groups attached to an aromatic ring is 1. The van der Waals surface area contributed by atoms with Crippen LogP contribution in [0.15, 0.2) is 34.9 Å². The lowest BCUT2D eigenvalue weighted by molar-refractivity contribution is -0.121. The predicted octanol–water partition coefficient (Wildman–Crippen LogP) is 1.65. The first kappa shape index (κ1) is 13.9. The third kappa shape index (κ3) is 4.31. The van der Waals surface area contributed by atoms with Gasteiger partial charge < -0.3 is 20.3 Å². The Kier molecular flexibility index (Phi) is 4.60. The zero-order valence-electron chi connectivity index (χ0n) is 11.3. The van der Waals surface area contributed by atoms with Crippen molar-refractivity contribution in [3.8, 4) is 5.75 Å². The van der Waals surface area contributed by atoms with E-state index >= 15 is 0 Å². The van der Waals surface area contributed by atoms with E-state index in [-0.39, 0.29) is 12.3 Å². The SMILES string of the molecule is Cc1cc(CNC(=O)CCOc2cccc(N)c2)no1. The normalized spacial score (nSPS) is 10.2. The Hall–Kier alpha value is -2.50. The van der Waals surface area contributed by atoms with Gasteiger partial charge in [-0.2, -0.15) is 0 Å². The molecule has 2 rings (SSSR count). The fourth-order valence-electron chi connectivity index (χ4n) is 1.64. The highest BCUT2D eigenvalue weighted by atomic mass is 16.5. The summed E-state index contributed by atoms with van der Waals surface area (Å²) in [4.78, 5) is 11.6. The lowest BCUT2D eigenvalue weighted by atomic mass is 10.3. The van der Waals surface area contributed by atoms with Gasteiger partial charge >= 0.3 is 0 Å². The fourth-order valence-corrected chi connectivity index (χ4v) is 1.64. The van der Waals surface area contributed by atoms with E-state index in [0.717, 1.165) is 5.76 Å². The van der Waals surface area contributed by atoms with Crippen LogP contribution in [0.1, 0.15) is 17.9 Å². The summed E-state index contributed by atoms with van der Waals surface area (Å²) < 4.78 is 10.3. The van der Waals surface area contributed by atoms with Gasteiger partial charge in [0.05, 0.1) is 19.6 Å². The van der Waals surface area contributed by atoms with E-state index in [0.29, 0.717) is 30.3 Å². The maximum atomic E-state index is 11.6. The summed E-state index contributed by atoms with van der Waals surface area (Å²) in [6.45, 7) is 2.46. The van der Waals surface area contributed by atoms with Crippen LogP contribution in [0.2, 0.25) is 0 Å². The summed E-state index contributed by atoms with van der Waals surface area (Å²) in [6, 6.07) is 8.88. The number of amides is 1. The topological polar surface area (TPSA) is 90.4 Å². The summed E-state index contributed by atoms with van der Waals surface area (Å²) in [5.74, 6) is 1.28. The zero-order valence-corrected chi connectivity index (χ0v) is 11.3. The molecule has 1 aromatic heterocycles. The van der Waals surface area contributed by atoms with Crippen molar-refractivity contribution < 1.29 is 14.1 Å². The Labute approximate surface area is 116 Å². The van der Waals surface area contributed by atoms with E-state index in [1.54, 1.807) is 37.3 Å². The molecule has 0 radical (unpaired) electrons. The summed E-state index contributed by atoms with van der Waals surface area (Å²) in [5.41, 5.74) is 6.96. The Bertz CT molecular complexity index is 581. The van der Waals surface area contributed by atoms with E-state index in [2.05, 4.69) is 10.5 Å². The molecular formula is C14H17N3O3. The molecule has 0 bridgehead atoms. The highest BCUT2D eigenvalue weighted by molar-refractivity contribution is 5.75. The van der Waals surface area contributed by atoms with Crippen LogP contribution in [0.25, 0.3) is 0 Å². The van der Waals surface area contributed by atoms with E-state index < -0.39 is 0 Å². The molecule has 0 saturated heterocycles. The molecule has 1 aromatic carbocycles. The number of nitrogens with zero attached hydrogens (tertiary/aromatic N) is 1. The van der Waals surface area contributed by atoms with Gasteiger partial charge in [-0.1, -0.05) is 11.2 Å². The quantitative estimate of drug-likeness (QED) is 0.782. The van der Waals surface area contributed by atoms with Crippen LogP contribution in [-0.2, 0) is 11.3 Å². The van der Waals surface area contributed by atoms with Gasteiger partial charge in [0.1, 0.15) is 17.2 Å². The molecule has 20 heavy (non-hydrogen) atoms. The Balaban J connectivity index is 1.67. The summed E-state index contributed by atoms with van der Waals surface area (Å²) >= 11 is 0. The smallest absolute Gasteiger partial charge is 0.223 e. The first-order valence-electron chi connectivity index (χ1n) is 6.31. The zero-order chi connectivity index (χ0) is 14.4.